The van der Waals surface area contributed by atoms with Gasteiger partial charge in [0, 0.05) is 6.61 Å². The predicted molar refractivity (Wildman–Crippen MR) is 91.4 cm³/mol. The van der Waals surface area contributed by atoms with E-state index in [4.69, 9.17) is 10.5 Å². The molecule has 0 spiro atoms. The van der Waals surface area contributed by atoms with Gasteiger partial charge in [-0.2, -0.15) is 0 Å². The van der Waals surface area contributed by atoms with Crippen LogP contribution in [0, 0.1) is 0 Å². The number of nitrogens with zero attached hydrogens (tertiary/aromatic N) is 4. The topological polar surface area (TPSA) is 90.9 Å². The number of fused-ring (bicyclic) bond motifs is 1. The molecule has 118 valence electrons. The lowest BCUT2D eigenvalue weighted by molar-refractivity contribution is 0.0592. The van der Waals surface area contributed by atoms with E-state index in [-0.39, 0.29) is 6.23 Å². The third-order valence-corrected chi connectivity index (χ3v) is 4.18. The third kappa shape index (κ3) is 2.64. The van der Waals surface area contributed by atoms with E-state index < -0.39 is 0 Å². The van der Waals surface area contributed by atoms with Crippen LogP contribution in [-0.2, 0) is 4.74 Å². The molecule has 3 aromatic rings. The second-order valence-electron chi connectivity index (χ2n) is 5.35. The molecule has 0 bridgehead atoms. The van der Waals surface area contributed by atoms with Gasteiger partial charge in [0.1, 0.15) is 6.23 Å². The minimum absolute atomic E-state index is 0.0172. The first-order valence-corrected chi connectivity index (χ1v) is 8.15. The van der Waals surface area contributed by atoms with Gasteiger partial charge in [-0.25, -0.2) is 15.0 Å². The van der Waals surface area contributed by atoms with Crippen LogP contribution in [0.15, 0.2) is 35.3 Å². The lowest BCUT2D eigenvalue weighted by Crippen LogP contribution is -2.07. The SMILES string of the molecule is Nc1ccccc1Nc1nc(Br)nc2c1ncn2C1CCCO1. The van der Waals surface area contributed by atoms with Crippen molar-refractivity contribution in [3.05, 3.63) is 35.3 Å². The molecule has 0 radical (unpaired) electrons. The van der Waals surface area contributed by atoms with Gasteiger partial charge in [0.05, 0.1) is 17.7 Å². The van der Waals surface area contributed by atoms with Gasteiger partial charge in [0.15, 0.2) is 17.0 Å². The van der Waals surface area contributed by atoms with Crippen molar-refractivity contribution >= 4 is 44.3 Å². The molecule has 1 fully saturated rings. The van der Waals surface area contributed by atoms with Crippen molar-refractivity contribution in [2.24, 2.45) is 0 Å². The van der Waals surface area contributed by atoms with E-state index >= 15 is 0 Å². The van der Waals surface area contributed by atoms with E-state index in [2.05, 4.69) is 36.2 Å². The van der Waals surface area contributed by atoms with Crippen LogP contribution in [0.5, 0.6) is 0 Å². The molecule has 1 aliphatic heterocycles. The van der Waals surface area contributed by atoms with E-state index in [1.807, 2.05) is 28.8 Å². The molecule has 0 amide bonds. The Morgan fingerprint density at radius 2 is 2.17 bits per heavy atom. The van der Waals surface area contributed by atoms with E-state index in [9.17, 15) is 0 Å². The van der Waals surface area contributed by atoms with Crippen LogP contribution in [-0.4, -0.2) is 26.1 Å². The van der Waals surface area contributed by atoms with Crippen LogP contribution in [0.3, 0.4) is 0 Å². The molecule has 2 aromatic heterocycles. The van der Waals surface area contributed by atoms with E-state index in [0.29, 0.717) is 21.8 Å². The van der Waals surface area contributed by atoms with Crippen molar-refractivity contribution in [2.45, 2.75) is 19.1 Å². The van der Waals surface area contributed by atoms with Crippen LogP contribution < -0.4 is 11.1 Å². The summed E-state index contributed by atoms with van der Waals surface area (Å²) in [6.07, 6.45) is 3.74. The number of ether oxygens (including phenoxy) is 1. The Morgan fingerprint density at radius 3 is 2.96 bits per heavy atom. The van der Waals surface area contributed by atoms with Crippen molar-refractivity contribution in [3.63, 3.8) is 0 Å². The number of anilines is 3. The molecule has 4 rings (SSSR count). The fourth-order valence-corrected chi connectivity index (χ4v) is 3.05. The summed E-state index contributed by atoms with van der Waals surface area (Å²) in [6, 6.07) is 7.53. The summed E-state index contributed by atoms with van der Waals surface area (Å²) in [5.41, 5.74) is 8.84. The number of halogens is 1. The van der Waals surface area contributed by atoms with Crippen LogP contribution in [0.25, 0.3) is 11.2 Å². The average Bonchev–Trinajstić information content (AvgIpc) is 3.18. The van der Waals surface area contributed by atoms with Gasteiger partial charge in [-0.1, -0.05) is 12.1 Å². The molecule has 1 saturated heterocycles. The Hall–Kier alpha value is -2.19. The summed E-state index contributed by atoms with van der Waals surface area (Å²) in [5.74, 6) is 0.608. The molecule has 23 heavy (non-hydrogen) atoms. The molecule has 3 heterocycles. The second kappa shape index (κ2) is 5.78. The zero-order valence-electron chi connectivity index (χ0n) is 12.2. The molecule has 1 aliphatic rings. The van der Waals surface area contributed by atoms with Crippen molar-refractivity contribution in [3.8, 4) is 0 Å². The highest BCUT2D eigenvalue weighted by Crippen LogP contribution is 2.31. The van der Waals surface area contributed by atoms with Gasteiger partial charge in [0.2, 0.25) is 4.73 Å². The first-order chi connectivity index (χ1) is 11.2. The van der Waals surface area contributed by atoms with Gasteiger partial charge in [-0.3, -0.25) is 4.57 Å². The molecular formula is C15H15BrN6O. The van der Waals surface area contributed by atoms with Crippen LogP contribution in [0.1, 0.15) is 19.1 Å². The number of hydrogen-bond donors (Lipinski definition) is 2. The zero-order chi connectivity index (χ0) is 15.8. The lowest BCUT2D eigenvalue weighted by Gasteiger charge is -2.12. The lowest BCUT2D eigenvalue weighted by atomic mass is 10.2. The quantitative estimate of drug-likeness (QED) is 0.540. The molecule has 1 atom stereocenters. The van der Waals surface area contributed by atoms with Gasteiger partial charge in [-0.05, 0) is 40.9 Å². The van der Waals surface area contributed by atoms with Crippen molar-refractivity contribution < 1.29 is 4.74 Å². The number of nitrogen functional groups attached to an aromatic ring is 1. The normalized spacial score (nSPS) is 17.7. The smallest absolute Gasteiger partial charge is 0.200 e. The van der Waals surface area contributed by atoms with E-state index in [0.717, 1.165) is 30.8 Å². The Balaban J connectivity index is 1.79. The van der Waals surface area contributed by atoms with E-state index in [1.54, 1.807) is 6.33 Å². The number of nitrogens with one attached hydrogen (secondary N) is 1. The first kappa shape index (κ1) is 14.4. The summed E-state index contributed by atoms with van der Waals surface area (Å²) in [5, 5.41) is 3.24. The Bertz CT molecular complexity index is 858. The number of imidazole rings is 1. The van der Waals surface area contributed by atoms with Gasteiger partial charge in [0.25, 0.3) is 0 Å². The fraction of sp³-hybridized carbons (Fsp3) is 0.267. The number of para-hydroxylation sites is 2. The number of aromatic nitrogens is 4. The molecule has 3 N–H and O–H groups in total. The van der Waals surface area contributed by atoms with Gasteiger partial charge < -0.3 is 15.8 Å². The third-order valence-electron chi connectivity index (χ3n) is 3.82. The molecule has 1 unspecified atom stereocenters. The van der Waals surface area contributed by atoms with Crippen LogP contribution in [0.2, 0.25) is 0 Å². The monoisotopic (exact) mass is 374 g/mol. The Labute approximate surface area is 141 Å². The molecule has 8 heteroatoms. The molecular weight excluding hydrogens is 360 g/mol. The highest BCUT2D eigenvalue weighted by molar-refractivity contribution is 9.10. The summed E-state index contributed by atoms with van der Waals surface area (Å²) in [7, 11) is 0. The Morgan fingerprint density at radius 1 is 1.30 bits per heavy atom. The largest absolute Gasteiger partial charge is 0.397 e. The molecule has 0 saturated carbocycles. The highest BCUT2D eigenvalue weighted by atomic mass is 79.9. The summed E-state index contributed by atoms with van der Waals surface area (Å²) < 4.78 is 8.17. The minimum Gasteiger partial charge on any atom is -0.397 e. The number of benzene rings is 1. The average molecular weight is 375 g/mol. The fourth-order valence-electron chi connectivity index (χ4n) is 2.71. The first-order valence-electron chi connectivity index (χ1n) is 7.35. The molecule has 1 aromatic carbocycles. The van der Waals surface area contributed by atoms with Gasteiger partial charge in [-0.15, -0.1) is 0 Å². The van der Waals surface area contributed by atoms with Crippen molar-refractivity contribution in [1.29, 1.82) is 0 Å². The predicted octanol–water partition coefficient (Wildman–Crippen LogP) is 3.22. The van der Waals surface area contributed by atoms with Crippen molar-refractivity contribution in [2.75, 3.05) is 17.7 Å². The maximum Gasteiger partial charge on any atom is 0.200 e. The van der Waals surface area contributed by atoms with Gasteiger partial charge >= 0.3 is 0 Å². The molecule has 0 aliphatic carbocycles. The maximum atomic E-state index is 5.99. The van der Waals surface area contributed by atoms with Crippen molar-refractivity contribution in [1.82, 2.24) is 19.5 Å². The summed E-state index contributed by atoms with van der Waals surface area (Å²) in [6.45, 7) is 0.766. The summed E-state index contributed by atoms with van der Waals surface area (Å²) in [4.78, 5) is 13.3. The zero-order valence-corrected chi connectivity index (χ0v) is 13.8. The van der Waals surface area contributed by atoms with Crippen LogP contribution in [0.4, 0.5) is 17.2 Å². The molecule has 7 nitrogen and oxygen atoms in total. The minimum atomic E-state index is -0.0172. The van der Waals surface area contributed by atoms with Crippen LogP contribution >= 0.6 is 15.9 Å². The van der Waals surface area contributed by atoms with E-state index in [1.165, 1.54) is 0 Å². The number of rotatable bonds is 3. The second-order valence-corrected chi connectivity index (χ2v) is 6.05. The summed E-state index contributed by atoms with van der Waals surface area (Å²) >= 11 is 3.37. The standard InChI is InChI=1S/C15H15BrN6O/c16-15-20-13(19-10-5-2-1-4-9(10)17)12-14(21-15)22(8-18-12)11-6-3-7-23-11/h1-2,4-5,8,11H,3,6-7,17H2,(H,19,20,21). The number of nitrogens with two attached hydrogens (primary N) is 1. The highest BCUT2D eigenvalue weighted by Gasteiger charge is 2.22. The number of hydrogen-bond acceptors (Lipinski definition) is 6. The Kier molecular flexibility index (Phi) is 3.62. The maximum absolute atomic E-state index is 5.99.